The van der Waals surface area contributed by atoms with E-state index >= 15 is 0 Å². The molecule has 6 heteroatoms. The molecule has 0 bridgehead atoms. The largest absolute Gasteiger partial charge is 0.370 e. The Labute approximate surface area is 154 Å². The molecule has 0 radical (unpaired) electrons. The minimum absolute atomic E-state index is 0.111. The Morgan fingerprint density at radius 3 is 2.52 bits per heavy atom. The average molecular weight is 361 g/mol. The van der Waals surface area contributed by atoms with Crippen molar-refractivity contribution >= 4 is 23.3 Å². The zero-order chi connectivity index (χ0) is 18.1. The Kier molecular flexibility index (Phi) is 7.70. The fourth-order valence-electron chi connectivity index (χ4n) is 2.32. The van der Waals surface area contributed by atoms with E-state index in [-0.39, 0.29) is 5.91 Å². The number of benzene rings is 1. The Morgan fingerprint density at radius 2 is 1.88 bits per heavy atom. The minimum Gasteiger partial charge on any atom is -0.370 e. The van der Waals surface area contributed by atoms with Gasteiger partial charge in [0.1, 0.15) is 5.82 Å². The fraction of sp³-hybridized carbons (Fsp3) is 0.368. The molecule has 5 nitrogen and oxygen atoms in total. The number of halogens is 1. The quantitative estimate of drug-likeness (QED) is 0.675. The van der Waals surface area contributed by atoms with Crippen LogP contribution in [-0.2, 0) is 6.42 Å². The third kappa shape index (κ3) is 7.11. The molecule has 0 saturated carbocycles. The van der Waals surface area contributed by atoms with Gasteiger partial charge in [-0.25, -0.2) is 4.98 Å². The number of amides is 1. The number of hydrogen-bond donors (Lipinski definition) is 2. The average Bonchev–Trinajstić information content (AvgIpc) is 2.61. The topological polar surface area (TPSA) is 57.3 Å². The molecule has 25 heavy (non-hydrogen) atoms. The Morgan fingerprint density at radius 1 is 1.12 bits per heavy atom. The second kappa shape index (κ2) is 10.0. The van der Waals surface area contributed by atoms with Crippen molar-refractivity contribution in [3.8, 4) is 0 Å². The maximum Gasteiger partial charge on any atom is 0.252 e. The van der Waals surface area contributed by atoms with Crippen LogP contribution in [0.25, 0.3) is 0 Å². The van der Waals surface area contributed by atoms with Gasteiger partial charge in [0.25, 0.3) is 5.91 Å². The highest BCUT2D eigenvalue weighted by molar-refractivity contribution is 6.30. The predicted molar refractivity (Wildman–Crippen MR) is 103 cm³/mol. The lowest BCUT2D eigenvalue weighted by Gasteiger charge is -2.10. The van der Waals surface area contributed by atoms with Crippen LogP contribution in [0.4, 0.5) is 5.82 Å². The van der Waals surface area contributed by atoms with Crippen molar-refractivity contribution in [2.45, 2.75) is 12.8 Å². The number of rotatable bonds is 9. The summed E-state index contributed by atoms with van der Waals surface area (Å²) in [5, 5.41) is 6.88. The van der Waals surface area contributed by atoms with Crippen LogP contribution in [0.3, 0.4) is 0 Å². The van der Waals surface area contributed by atoms with Crippen molar-refractivity contribution in [1.29, 1.82) is 0 Å². The molecule has 1 amide bonds. The molecule has 0 saturated heterocycles. The van der Waals surface area contributed by atoms with Gasteiger partial charge in [0.15, 0.2) is 0 Å². The van der Waals surface area contributed by atoms with E-state index in [1.165, 1.54) is 0 Å². The molecule has 2 rings (SSSR count). The van der Waals surface area contributed by atoms with Gasteiger partial charge in [-0.1, -0.05) is 23.7 Å². The molecule has 0 atom stereocenters. The highest BCUT2D eigenvalue weighted by atomic mass is 35.5. The van der Waals surface area contributed by atoms with Gasteiger partial charge >= 0.3 is 0 Å². The van der Waals surface area contributed by atoms with Crippen molar-refractivity contribution < 1.29 is 4.79 Å². The fourth-order valence-corrected chi connectivity index (χ4v) is 2.44. The first-order chi connectivity index (χ1) is 12.0. The monoisotopic (exact) mass is 360 g/mol. The maximum atomic E-state index is 12.1. The van der Waals surface area contributed by atoms with Crippen molar-refractivity contribution in [1.82, 2.24) is 15.2 Å². The Balaban J connectivity index is 1.73. The van der Waals surface area contributed by atoms with E-state index in [0.29, 0.717) is 17.1 Å². The summed E-state index contributed by atoms with van der Waals surface area (Å²) in [6, 6.07) is 11.3. The van der Waals surface area contributed by atoms with Gasteiger partial charge < -0.3 is 15.5 Å². The maximum absolute atomic E-state index is 12.1. The number of pyridine rings is 1. The standard InChI is InChI=1S/C19H25ClN4O/c1-24(2)13-3-11-21-18-9-6-16(14-23-18)19(25)22-12-10-15-4-7-17(20)8-5-15/h4-9,14H,3,10-13H2,1-2H3,(H,21,23)(H,22,25). The van der Waals surface area contributed by atoms with Crippen LogP contribution in [0.1, 0.15) is 22.3 Å². The zero-order valence-electron chi connectivity index (χ0n) is 14.8. The molecule has 0 spiro atoms. The summed E-state index contributed by atoms with van der Waals surface area (Å²) < 4.78 is 0. The minimum atomic E-state index is -0.111. The smallest absolute Gasteiger partial charge is 0.252 e. The molecule has 0 unspecified atom stereocenters. The molecule has 0 aliphatic rings. The van der Waals surface area contributed by atoms with Crippen LogP contribution in [0.15, 0.2) is 42.6 Å². The number of anilines is 1. The molecule has 0 aliphatic carbocycles. The number of nitrogens with zero attached hydrogens (tertiary/aromatic N) is 2. The molecule has 1 aromatic heterocycles. The van der Waals surface area contributed by atoms with E-state index in [2.05, 4.69) is 34.6 Å². The second-order valence-corrected chi connectivity index (χ2v) is 6.58. The molecule has 0 aliphatic heterocycles. The summed E-state index contributed by atoms with van der Waals surface area (Å²) in [4.78, 5) is 18.6. The van der Waals surface area contributed by atoms with Crippen LogP contribution in [-0.4, -0.2) is 49.5 Å². The van der Waals surface area contributed by atoms with E-state index in [0.717, 1.165) is 37.3 Å². The molecular formula is C19H25ClN4O. The summed E-state index contributed by atoms with van der Waals surface area (Å²) in [6.07, 6.45) is 3.41. The number of hydrogen-bond acceptors (Lipinski definition) is 4. The van der Waals surface area contributed by atoms with Crippen molar-refractivity contribution in [3.05, 3.63) is 58.7 Å². The van der Waals surface area contributed by atoms with Crippen molar-refractivity contribution in [3.63, 3.8) is 0 Å². The second-order valence-electron chi connectivity index (χ2n) is 6.15. The highest BCUT2D eigenvalue weighted by Gasteiger charge is 2.06. The summed E-state index contributed by atoms with van der Waals surface area (Å²) in [5.74, 6) is 0.678. The van der Waals surface area contributed by atoms with Crippen LogP contribution >= 0.6 is 11.6 Å². The van der Waals surface area contributed by atoms with Gasteiger partial charge in [0, 0.05) is 24.3 Å². The SMILES string of the molecule is CN(C)CCCNc1ccc(C(=O)NCCc2ccc(Cl)cc2)cn1. The van der Waals surface area contributed by atoms with Gasteiger partial charge in [-0.05, 0) is 63.3 Å². The Bertz CT molecular complexity index is 656. The normalized spacial score (nSPS) is 10.7. The van der Waals surface area contributed by atoms with Crippen LogP contribution in [0.5, 0.6) is 0 Å². The van der Waals surface area contributed by atoms with Gasteiger partial charge in [-0.3, -0.25) is 4.79 Å². The molecule has 0 fully saturated rings. The van der Waals surface area contributed by atoms with E-state index in [9.17, 15) is 4.79 Å². The van der Waals surface area contributed by atoms with Crippen molar-refractivity contribution in [2.24, 2.45) is 0 Å². The van der Waals surface area contributed by atoms with Gasteiger partial charge in [0.05, 0.1) is 5.56 Å². The highest BCUT2D eigenvalue weighted by Crippen LogP contribution is 2.10. The van der Waals surface area contributed by atoms with Crippen LogP contribution in [0.2, 0.25) is 5.02 Å². The first kappa shape index (κ1) is 19.2. The first-order valence-electron chi connectivity index (χ1n) is 8.42. The van der Waals surface area contributed by atoms with E-state index in [1.54, 1.807) is 12.3 Å². The molecule has 1 aromatic carbocycles. The number of aromatic nitrogens is 1. The number of carbonyl (C=O) groups is 1. The Hall–Kier alpha value is -2.11. The predicted octanol–water partition coefficient (Wildman–Crippen LogP) is 3.07. The molecule has 1 heterocycles. The lowest BCUT2D eigenvalue weighted by atomic mass is 10.1. The van der Waals surface area contributed by atoms with E-state index in [4.69, 9.17) is 11.6 Å². The van der Waals surface area contributed by atoms with Gasteiger partial charge in [-0.2, -0.15) is 0 Å². The summed E-state index contributed by atoms with van der Waals surface area (Å²) in [5.41, 5.74) is 1.70. The third-order valence-corrected chi connectivity index (χ3v) is 3.98. The number of carbonyl (C=O) groups excluding carboxylic acids is 1. The van der Waals surface area contributed by atoms with Crippen molar-refractivity contribution in [2.75, 3.05) is 39.0 Å². The third-order valence-electron chi connectivity index (χ3n) is 3.73. The zero-order valence-corrected chi connectivity index (χ0v) is 15.5. The van der Waals surface area contributed by atoms with Gasteiger partial charge in [-0.15, -0.1) is 0 Å². The van der Waals surface area contributed by atoms with E-state index in [1.807, 2.05) is 30.3 Å². The summed E-state index contributed by atoms with van der Waals surface area (Å²) >= 11 is 5.86. The summed E-state index contributed by atoms with van der Waals surface area (Å²) in [7, 11) is 4.11. The van der Waals surface area contributed by atoms with Crippen LogP contribution in [0, 0.1) is 0 Å². The lowest BCUT2D eigenvalue weighted by molar-refractivity contribution is 0.0954. The first-order valence-corrected chi connectivity index (χ1v) is 8.79. The lowest BCUT2D eigenvalue weighted by Crippen LogP contribution is -2.25. The molecule has 134 valence electrons. The van der Waals surface area contributed by atoms with Gasteiger partial charge in [0.2, 0.25) is 0 Å². The molecule has 2 N–H and O–H groups in total. The number of nitrogens with one attached hydrogen (secondary N) is 2. The van der Waals surface area contributed by atoms with E-state index < -0.39 is 0 Å². The molecular weight excluding hydrogens is 336 g/mol. The summed E-state index contributed by atoms with van der Waals surface area (Å²) in [6.45, 7) is 2.46. The van der Waals surface area contributed by atoms with Crippen LogP contribution < -0.4 is 10.6 Å². The molecule has 2 aromatic rings.